The lowest BCUT2D eigenvalue weighted by molar-refractivity contribution is 0.0524. The molecule has 33 heavy (non-hydrogen) atoms. The molecule has 0 fully saturated rings. The number of carbonyl (C=O) groups is 1. The van der Waals surface area contributed by atoms with Crippen molar-refractivity contribution in [2.75, 3.05) is 13.2 Å². The number of unbranched alkanes of at least 4 members (excludes halogenated alkanes) is 1. The normalized spacial score (nSPS) is 10.7. The molecule has 1 heterocycles. The molecule has 0 bridgehead atoms. The average molecular weight is 440 g/mol. The third-order valence-electron chi connectivity index (χ3n) is 5.43. The molecule has 0 aliphatic carbocycles. The summed E-state index contributed by atoms with van der Waals surface area (Å²) in [5.41, 5.74) is 5.69. The monoisotopic (exact) mass is 439 g/mol. The third kappa shape index (κ3) is 5.04. The Morgan fingerprint density at radius 3 is 2.64 bits per heavy atom. The number of aromatic nitrogens is 2. The Morgan fingerprint density at radius 2 is 1.85 bits per heavy atom. The molecular formula is C27H25N3O3. The van der Waals surface area contributed by atoms with Gasteiger partial charge in [0.15, 0.2) is 0 Å². The van der Waals surface area contributed by atoms with E-state index in [0.717, 1.165) is 30.4 Å². The fourth-order valence-electron chi connectivity index (χ4n) is 3.79. The number of ether oxygens (including phenoxy) is 1. The average Bonchev–Trinajstić information content (AvgIpc) is 3.27. The highest BCUT2D eigenvalue weighted by atomic mass is 16.7. The molecule has 0 amide bonds. The Morgan fingerprint density at radius 1 is 1.03 bits per heavy atom. The van der Waals surface area contributed by atoms with Crippen molar-refractivity contribution in [1.29, 1.82) is 5.26 Å². The quantitative estimate of drug-likeness (QED) is 0.264. The van der Waals surface area contributed by atoms with Crippen LogP contribution in [0.4, 0.5) is 0 Å². The van der Waals surface area contributed by atoms with Crippen molar-refractivity contribution in [3.63, 3.8) is 0 Å². The van der Waals surface area contributed by atoms with Gasteiger partial charge in [-0.3, -0.25) is 0 Å². The van der Waals surface area contributed by atoms with Crippen molar-refractivity contribution in [3.8, 4) is 17.2 Å². The second-order valence-electron chi connectivity index (χ2n) is 7.61. The van der Waals surface area contributed by atoms with Crippen molar-refractivity contribution in [2.24, 2.45) is 0 Å². The fraction of sp³-hybridized carbons (Fsp3) is 0.222. The highest BCUT2D eigenvalue weighted by molar-refractivity contribution is 6.02. The van der Waals surface area contributed by atoms with Crippen LogP contribution in [-0.4, -0.2) is 28.9 Å². The first-order valence-corrected chi connectivity index (χ1v) is 11.1. The van der Waals surface area contributed by atoms with Gasteiger partial charge < -0.3 is 9.57 Å². The topological polar surface area (TPSA) is 77.1 Å². The summed E-state index contributed by atoms with van der Waals surface area (Å²) in [4.78, 5) is 22.5. The van der Waals surface area contributed by atoms with E-state index in [1.54, 1.807) is 30.1 Å². The summed E-state index contributed by atoms with van der Waals surface area (Å²) in [6.07, 6.45) is 4.35. The number of nitrogens with zero attached hydrogens (tertiary/aromatic N) is 3. The van der Waals surface area contributed by atoms with Gasteiger partial charge in [-0.25, -0.2) is 9.78 Å². The molecule has 0 unspecified atom stereocenters. The Labute approximate surface area is 193 Å². The van der Waals surface area contributed by atoms with E-state index < -0.39 is 0 Å². The lowest BCUT2D eigenvalue weighted by Gasteiger charge is -2.10. The van der Waals surface area contributed by atoms with E-state index in [9.17, 15) is 10.1 Å². The molecule has 1 aromatic heterocycles. The molecule has 4 rings (SSSR count). The van der Waals surface area contributed by atoms with Crippen molar-refractivity contribution < 1.29 is 14.4 Å². The summed E-state index contributed by atoms with van der Waals surface area (Å²) in [5.74, 6) is -0.380. The number of hydrogen-bond acceptors (Lipinski definition) is 5. The molecule has 0 saturated carbocycles. The molecule has 166 valence electrons. The minimum Gasteiger partial charge on any atom is -0.462 e. The molecule has 4 aromatic rings. The Kier molecular flexibility index (Phi) is 7.01. The Hall–Kier alpha value is -4.11. The lowest BCUT2D eigenvalue weighted by atomic mass is 9.98. The molecule has 0 saturated heterocycles. The van der Waals surface area contributed by atoms with Crippen LogP contribution in [0.5, 0.6) is 0 Å². The first kappa shape index (κ1) is 22.1. The fourth-order valence-corrected chi connectivity index (χ4v) is 3.79. The van der Waals surface area contributed by atoms with E-state index in [-0.39, 0.29) is 5.97 Å². The third-order valence-corrected chi connectivity index (χ3v) is 5.43. The van der Waals surface area contributed by atoms with E-state index in [0.29, 0.717) is 35.4 Å². The second kappa shape index (κ2) is 10.5. The molecule has 3 aromatic carbocycles. The molecule has 0 aliphatic heterocycles. The number of para-hydroxylation sites is 1. The van der Waals surface area contributed by atoms with E-state index >= 15 is 0 Å². The lowest BCUT2D eigenvalue weighted by Crippen LogP contribution is -2.14. The highest BCUT2D eigenvalue weighted by Gasteiger charge is 2.16. The van der Waals surface area contributed by atoms with Gasteiger partial charge in [-0.05, 0) is 61.1 Å². The van der Waals surface area contributed by atoms with Gasteiger partial charge in [0.05, 0.1) is 29.3 Å². The van der Waals surface area contributed by atoms with Crippen LogP contribution < -0.4 is 4.84 Å². The molecule has 6 nitrogen and oxygen atoms in total. The summed E-state index contributed by atoms with van der Waals surface area (Å²) in [6.45, 7) is 2.61. The maximum atomic E-state index is 12.3. The van der Waals surface area contributed by atoms with E-state index in [2.05, 4.69) is 35.3 Å². The summed E-state index contributed by atoms with van der Waals surface area (Å²) in [5, 5.41) is 9.30. The van der Waals surface area contributed by atoms with Crippen LogP contribution in [0.1, 0.15) is 41.3 Å². The van der Waals surface area contributed by atoms with E-state index in [1.165, 1.54) is 5.56 Å². The number of hydrogen-bond donors (Lipinski definition) is 0. The zero-order chi connectivity index (χ0) is 23.0. The van der Waals surface area contributed by atoms with Crippen LogP contribution in [-0.2, 0) is 11.2 Å². The highest BCUT2D eigenvalue weighted by Crippen LogP contribution is 2.24. The first-order chi connectivity index (χ1) is 16.2. The van der Waals surface area contributed by atoms with Gasteiger partial charge in [-0.15, -0.1) is 0 Å². The predicted octanol–water partition coefficient (Wildman–Crippen LogP) is 5.20. The van der Waals surface area contributed by atoms with Crippen molar-refractivity contribution >= 4 is 17.0 Å². The van der Waals surface area contributed by atoms with Crippen molar-refractivity contribution in [2.45, 2.75) is 26.2 Å². The number of carbonyl (C=O) groups excluding carboxylic acids is 1. The Bertz CT molecular complexity index is 1290. The maximum Gasteiger partial charge on any atom is 0.340 e. The summed E-state index contributed by atoms with van der Waals surface area (Å²) < 4.78 is 6.71. The standard InChI is InChI=1S/C27H25N3O3/c1-2-32-27(31)24-11-7-12-25-26(24)30(19-29-25)33-17-6-5-8-20-13-15-21(16-14-20)23-10-4-3-9-22(23)18-28/h3-4,7,9-16,19H,2,5-6,8,17H2,1H3. The number of esters is 1. The largest absolute Gasteiger partial charge is 0.462 e. The zero-order valence-electron chi connectivity index (χ0n) is 18.5. The van der Waals surface area contributed by atoms with E-state index in [4.69, 9.17) is 9.57 Å². The van der Waals surface area contributed by atoms with Gasteiger partial charge in [-0.1, -0.05) is 48.5 Å². The van der Waals surface area contributed by atoms with Crippen LogP contribution >= 0.6 is 0 Å². The smallest absolute Gasteiger partial charge is 0.340 e. The summed E-state index contributed by atoms with van der Waals surface area (Å²) in [6, 6.07) is 23.6. The minimum absolute atomic E-state index is 0.316. The first-order valence-electron chi connectivity index (χ1n) is 11.1. The Balaban J connectivity index is 1.32. The number of nitriles is 1. The van der Waals surface area contributed by atoms with E-state index in [1.807, 2.05) is 30.3 Å². The second-order valence-corrected chi connectivity index (χ2v) is 7.61. The number of rotatable bonds is 9. The van der Waals surface area contributed by atoms with Gasteiger partial charge in [0.25, 0.3) is 0 Å². The summed E-state index contributed by atoms with van der Waals surface area (Å²) in [7, 11) is 0. The maximum absolute atomic E-state index is 12.3. The number of imidazole rings is 1. The summed E-state index contributed by atoms with van der Waals surface area (Å²) >= 11 is 0. The van der Waals surface area contributed by atoms with Crippen LogP contribution in [0.3, 0.4) is 0 Å². The van der Waals surface area contributed by atoms with Gasteiger partial charge in [-0.2, -0.15) is 9.99 Å². The van der Waals surface area contributed by atoms with Gasteiger partial charge in [0.2, 0.25) is 0 Å². The number of benzene rings is 3. The molecule has 0 aliphatic rings. The molecule has 0 spiro atoms. The van der Waals surface area contributed by atoms with Crippen LogP contribution in [0, 0.1) is 11.3 Å². The predicted molar refractivity (Wildman–Crippen MR) is 127 cm³/mol. The van der Waals surface area contributed by atoms with Gasteiger partial charge >= 0.3 is 5.97 Å². The molecule has 0 atom stereocenters. The van der Waals surface area contributed by atoms with Crippen molar-refractivity contribution in [3.05, 3.63) is 89.7 Å². The van der Waals surface area contributed by atoms with Crippen molar-refractivity contribution in [1.82, 2.24) is 9.71 Å². The van der Waals surface area contributed by atoms with Crippen LogP contribution in [0.25, 0.3) is 22.2 Å². The zero-order valence-corrected chi connectivity index (χ0v) is 18.5. The molecule has 0 N–H and O–H groups in total. The van der Waals surface area contributed by atoms with Crippen LogP contribution in [0.2, 0.25) is 0 Å². The molecular weight excluding hydrogens is 414 g/mol. The molecule has 6 heteroatoms. The number of aryl methyl sites for hydroxylation is 1. The SMILES string of the molecule is CCOC(=O)c1cccc2ncn(OCCCCc3ccc(-c4ccccc4C#N)cc3)c12. The minimum atomic E-state index is -0.380. The van der Waals surface area contributed by atoms with Gasteiger partial charge in [0.1, 0.15) is 18.5 Å². The number of fused-ring (bicyclic) bond motifs is 1. The van der Waals surface area contributed by atoms with Crippen LogP contribution in [0.15, 0.2) is 73.1 Å². The van der Waals surface area contributed by atoms with Gasteiger partial charge in [0, 0.05) is 0 Å². The molecule has 0 radical (unpaired) electrons.